The molecule has 0 spiro atoms. The van der Waals surface area contributed by atoms with Crippen LogP contribution in [0.3, 0.4) is 0 Å². The molecule has 62 valence electrons. The van der Waals surface area contributed by atoms with Gasteiger partial charge in [-0.25, -0.2) is 0 Å². The summed E-state index contributed by atoms with van der Waals surface area (Å²) >= 11 is 0. The molecule has 1 aliphatic carbocycles. The van der Waals surface area contributed by atoms with E-state index in [1.165, 1.54) is 0 Å². The van der Waals surface area contributed by atoms with Gasteiger partial charge in [0.2, 0.25) is 0 Å². The first kappa shape index (κ1) is 8.47. The van der Waals surface area contributed by atoms with Crippen LogP contribution in [-0.4, -0.2) is 19.0 Å². The first-order valence-corrected chi connectivity index (χ1v) is 3.89. The minimum Gasteiger partial charge on any atom is -0.378 e. The van der Waals surface area contributed by atoms with Gasteiger partial charge in [0.1, 0.15) is 6.29 Å². The molecule has 0 saturated carbocycles. The van der Waals surface area contributed by atoms with Crippen molar-refractivity contribution < 1.29 is 9.53 Å². The zero-order valence-electron chi connectivity index (χ0n) is 7.09. The minimum absolute atomic E-state index is 0.106. The van der Waals surface area contributed by atoms with Crippen molar-refractivity contribution in [1.82, 2.24) is 0 Å². The third-order valence-corrected chi connectivity index (χ3v) is 2.30. The number of carbonyl (C=O) groups is 1. The van der Waals surface area contributed by atoms with Gasteiger partial charge >= 0.3 is 0 Å². The average molecular weight is 154 g/mol. The molecule has 0 aromatic rings. The van der Waals surface area contributed by atoms with Crippen LogP contribution in [0.15, 0.2) is 11.6 Å². The summed E-state index contributed by atoms with van der Waals surface area (Å²) in [6, 6.07) is 0. The lowest BCUT2D eigenvalue weighted by atomic mass is 9.86. The number of allylic oxidation sites excluding steroid dienone is 1. The fourth-order valence-corrected chi connectivity index (χ4v) is 1.42. The molecule has 0 aromatic heterocycles. The molecular formula is C9H14O2. The molecule has 2 nitrogen and oxygen atoms in total. The molecule has 0 aromatic carbocycles. The van der Waals surface area contributed by atoms with E-state index in [9.17, 15) is 4.79 Å². The molecule has 2 heteroatoms. The predicted molar refractivity (Wildman–Crippen MR) is 43.4 cm³/mol. The molecule has 0 saturated heterocycles. The molecule has 1 unspecified atom stereocenters. The van der Waals surface area contributed by atoms with E-state index >= 15 is 0 Å². The molecule has 0 aliphatic heterocycles. The van der Waals surface area contributed by atoms with Crippen LogP contribution in [0.5, 0.6) is 0 Å². The minimum atomic E-state index is -0.106. The molecule has 0 bridgehead atoms. The van der Waals surface area contributed by atoms with Crippen molar-refractivity contribution in [3.05, 3.63) is 11.6 Å². The van der Waals surface area contributed by atoms with Gasteiger partial charge in [0.05, 0.1) is 5.60 Å². The summed E-state index contributed by atoms with van der Waals surface area (Å²) in [6.45, 7) is 2.05. The Bertz CT molecular complexity index is 184. The maximum absolute atomic E-state index is 10.4. The Balaban J connectivity index is 2.66. The van der Waals surface area contributed by atoms with Crippen molar-refractivity contribution in [2.24, 2.45) is 0 Å². The molecule has 11 heavy (non-hydrogen) atoms. The normalized spacial score (nSPS) is 31.3. The third kappa shape index (κ3) is 1.90. The quantitative estimate of drug-likeness (QED) is 0.566. The van der Waals surface area contributed by atoms with Crippen molar-refractivity contribution >= 4 is 6.29 Å². The third-order valence-electron chi connectivity index (χ3n) is 2.30. The molecule has 1 atom stereocenters. The molecular weight excluding hydrogens is 140 g/mol. The number of rotatable bonds is 2. The highest BCUT2D eigenvalue weighted by Gasteiger charge is 2.26. The maximum Gasteiger partial charge on any atom is 0.145 e. The first-order chi connectivity index (χ1) is 5.20. The molecule has 0 heterocycles. The van der Waals surface area contributed by atoms with Gasteiger partial charge in [-0.3, -0.25) is 4.79 Å². The zero-order chi connectivity index (χ0) is 8.32. The number of hydrogen-bond donors (Lipinski definition) is 0. The van der Waals surface area contributed by atoms with Gasteiger partial charge in [0.15, 0.2) is 0 Å². The van der Waals surface area contributed by atoms with Gasteiger partial charge in [0.25, 0.3) is 0 Å². The SMILES string of the molecule is COC1(C)CCC=C(C=O)C1. The Morgan fingerprint density at radius 1 is 1.73 bits per heavy atom. The first-order valence-electron chi connectivity index (χ1n) is 3.89. The Kier molecular flexibility index (Phi) is 2.45. The summed E-state index contributed by atoms with van der Waals surface area (Å²) in [7, 11) is 1.70. The van der Waals surface area contributed by atoms with E-state index in [0.29, 0.717) is 0 Å². The summed E-state index contributed by atoms with van der Waals surface area (Å²) in [4.78, 5) is 10.4. The summed E-state index contributed by atoms with van der Waals surface area (Å²) in [6.07, 6.45) is 5.65. The van der Waals surface area contributed by atoms with Crippen molar-refractivity contribution in [2.45, 2.75) is 31.8 Å². The van der Waals surface area contributed by atoms with Gasteiger partial charge < -0.3 is 4.74 Å². The monoisotopic (exact) mass is 154 g/mol. The van der Waals surface area contributed by atoms with E-state index in [0.717, 1.165) is 31.1 Å². The molecule has 0 amide bonds. The van der Waals surface area contributed by atoms with Gasteiger partial charge in [-0.2, -0.15) is 0 Å². The lowest BCUT2D eigenvalue weighted by Crippen LogP contribution is -2.30. The fourth-order valence-electron chi connectivity index (χ4n) is 1.42. The second-order valence-corrected chi connectivity index (χ2v) is 3.27. The van der Waals surface area contributed by atoms with E-state index in [-0.39, 0.29) is 5.60 Å². The Morgan fingerprint density at radius 3 is 3.00 bits per heavy atom. The largest absolute Gasteiger partial charge is 0.378 e. The number of hydrogen-bond acceptors (Lipinski definition) is 2. The smallest absolute Gasteiger partial charge is 0.145 e. The van der Waals surface area contributed by atoms with E-state index in [1.807, 2.05) is 13.0 Å². The van der Waals surface area contributed by atoms with Gasteiger partial charge in [-0.15, -0.1) is 0 Å². The molecule has 1 aliphatic rings. The second kappa shape index (κ2) is 3.18. The number of methoxy groups -OCH3 is 1. The predicted octanol–water partition coefficient (Wildman–Crippen LogP) is 1.70. The number of ether oxygens (including phenoxy) is 1. The van der Waals surface area contributed by atoms with Crippen LogP contribution >= 0.6 is 0 Å². The Morgan fingerprint density at radius 2 is 2.45 bits per heavy atom. The average Bonchev–Trinajstić information content (AvgIpc) is 2.05. The lowest BCUT2D eigenvalue weighted by molar-refractivity contribution is -0.106. The Labute approximate surface area is 67.2 Å². The van der Waals surface area contributed by atoms with Crippen LogP contribution in [0.25, 0.3) is 0 Å². The second-order valence-electron chi connectivity index (χ2n) is 3.27. The van der Waals surface area contributed by atoms with E-state index in [2.05, 4.69) is 0 Å². The van der Waals surface area contributed by atoms with Gasteiger partial charge in [0, 0.05) is 13.5 Å². The highest BCUT2D eigenvalue weighted by atomic mass is 16.5. The number of aldehydes is 1. The van der Waals surface area contributed by atoms with Crippen LogP contribution in [0.2, 0.25) is 0 Å². The number of carbonyl (C=O) groups excluding carboxylic acids is 1. The Hall–Kier alpha value is -0.630. The van der Waals surface area contributed by atoms with Gasteiger partial charge in [-0.1, -0.05) is 6.08 Å². The maximum atomic E-state index is 10.4. The summed E-state index contributed by atoms with van der Waals surface area (Å²) in [5, 5.41) is 0. The zero-order valence-corrected chi connectivity index (χ0v) is 7.09. The molecule has 0 radical (unpaired) electrons. The van der Waals surface area contributed by atoms with Crippen LogP contribution in [0.4, 0.5) is 0 Å². The lowest BCUT2D eigenvalue weighted by Gasteiger charge is -2.30. The van der Waals surface area contributed by atoms with E-state index < -0.39 is 0 Å². The van der Waals surface area contributed by atoms with Crippen molar-refractivity contribution in [2.75, 3.05) is 7.11 Å². The van der Waals surface area contributed by atoms with Crippen molar-refractivity contribution in [3.8, 4) is 0 Å². The van der Waals surface area contributed by atoms with Crippen molar-refractivity contribution in [1.29, 1.82) is 0 Å². The summed E-state index contributed by atoms with van der Waals surface area (Å²) in [5.74, 6) is 0. The van der Waals surface area contributed by atoms with Gasteiger partial charge in [-0.05, 0) is 25.3 Å². The van der Waals surface area contributed by atoms with Crippen LogP contribution < -0.4 is 0 Å². The van der Waals surface area contributed by atoms with E-state index in [4.69, 9.17) is 4.74 Å². The molecule has 0 N–H and O–H groups in total. The highest BCUT2D eigenvalue weighted by Crippen LogP contribution is 2.29. The molecule has 1 rings (SSSR count). The highest BCUT2D eigenvalue weighted by molar-refractivity contribution is 5.73. The van der Waals surface area contributed by atoms with E-state index in [1.54, 1.807) is 7.11 Å². The topological polar surface area (TPSA) is 26.3 Å². The van der Waals surface area contributed by atoms with Crippen LogP contribution in [-0.2, 0) is 9.53 Å². The fraction of sp³-hybridized carbons (Fsp3) is 0.667. The van der Waals surface area contributed by atoms with Crippen LogP contribution in [0, 0.1) is 0 Å². The standard InChI is InChI=1S/C9H14O2/c1-9(11-2)5-3-4-8(6-9)7-10/h4,7H,3,5-6H2,1-2H3. The van der Waals surface area contributed by atoms with Crippen molar-refractivity contribution in [3.63, 3.8) is 0 Å². The summed E-state index contributed by atoms with van der Waals surface area (Å²) in [5.41, 5.74) is 0.769. The molecule has 0 fully saturated rings. The summed E-state index contributed by atoms with van der Waals surface area (Å²) < 4.78 is 5.31. The van der Waals surface area contributed by atoms with Crippen LogP contribution in [0.1, 0.15) is 26.2 Å².